The quantitative estimate of drug-likeness (QED) is 0.749. The summed E-state index contributed by atoms with van der Waals surface area (Å²) in [6.45, 7) is 0.425. The third kappa shape index (κ3) is 3.66. The number of hydrogen-bond acceptors (Lipinski definition) is 6. The molecule has 0 bridgehead atoms. The van der Waals surface area contributed by atoms with Crippen LogP contribution in [-0.4, -0.2) is 51.1 Å². The van der Waals surface area contributed by atoms with Crippen LogP contribution in [0.25, 0.3) is 0 Å². The van der Waals surface area contributed by atoms with Crippen molar-refractivity contribution in [2.45, 2.75) is 11.7 Å². The second kappa shape index (κ2) is 7.59. The molecule has 2 aromatic rings. The Hall–Kier alpha value is -2.19. The Balaban J connectivity index is 1.86. The van der Waals surface area contributed by atoms with Crippen LogP contribution in [0.4, 0.5) is 0 Å². The molecule has 0 N–H and O–H groups in total. The number of rotatable bonds is 3. The molecule has 0 spiro atoms. The van der Waals surface area contributed by atoms with E-state index in [9.17, 15) is 18.0 Å². The molecular weight excluding hydrogens is 374 g/mol. The van der Waals surface area contributed by atoms with E-state index in [1.54, 1.807) is 18.2 Å². The van der Waals surface area contributed by atoms with Crippen LogP contribution in [-0.2, 0) is 14.6 Å². The molecule has 1 atom stereocenters. The molecule has 0 unspecified atom stereocenters. The van der Waals surface area contributed by atoms with Crippen LogP contribution in [0.1, 0.15) is 37.3 Å². The lowest BCUT2D eigenvalue weighted by Crippen LogP contribution is -2.34. The van der Waals surface area contributed by atoms with Gasteiger partial charge in [0.15, 0.2) is 9.84 Å². The minimum absolute atomic E-state index is 0.0955. The first kappa shape index (κ1) is 18.6. The summed E-state index contributed by atoms with van der Waals surface area (Å²) in [5, 5.41) is 1.27. The van der Waals surface area contributed by atoms with Crippen molar-refractivity contribution in [3.63, 3.8) is 0 Å². The molecule has 0 saturated carbocycles. The number of nitrogens with zero attached hydrogens (tertiary/aromatic N) is 1. The van der Waals surface area contributed by atoms with Gasteiger partial charge in [0, 0.05) is 18.0 Å². The van der Waals surface area contributed by atoms with Gasteiger partial charge in [-0.25, -0.2) is 13.2 Å². The average molecular weight is 393 g/mol. The van der Waals surface area contributed by atoms with Crippen LogP contribution in [0.3, 0.4) is 0 Å². The number of sulfone groups is 1. The van der Waals surface area contributed by atoms with Gasteiger partial charge in [0.25, 0.3) is 5.91 Å². The highest BCUT2D eigenvalue weighted by Crippen LogP contribution is 2.32. The minimum atomic E-state index is -3.34. The zero-order valence-electron chi connectivity index (χ0n) is 14.3. The summed E-state index contributed by atoms with van der Waals surface area (Å²) in [6, 6.07) is 10.1. The summed E-state index contributed by atoms with van der Waals surface area (Å²) in [6.07, 6.45) is 0.342. The Bertz CT molecular complexity index is 905. The molecule has 0 aliphatic carbocycles. The highest BCUT2D eigenvalue weighted by atomic mass is 32.2. The van der Waals surface area contributed by atoms with Crippen molar-refractivity contribution in [3.8, 4) is 0 Å². The lowest BCUT2D eigenvalue weighted by Gasteiger charge is -2.21. The van der Waals surface area contributed by atoms with Crippen LogP contribution in [0, 0.1) is 0 Å². The fourth-order valence-electron chi connectivity index (χ4n) is 3.07. The number of amides is 1. The predicted molar refractivity (Wildman–Crippen MR) is 99.1 cm³/mol. The number of benzene rings is 1. The second-order valence-corrected chi connectivity index (χ2v) is 9.27. The van der Waals surface area contributed by atoms with E-state index in [2.05, 4.69) is 0 Å². The second-order valence-electron chi connectivity index (χ2n) is 5.99. The van der Waals surface area contributed by atoms with Gasteiger partial charge in [-0.15, -0.1) is 11.3 Å². The van der Waals surface area contributed by atoms with Crippen molar-refractivity contribution >= 4 is 33.1 Å². The third-order valence-electron chi connectivity index (χ3n) is 4.45. The number of carbonyl (C=O) groups is 2. The highest BCUT2D eigenvalue weighted by molar-refractivity contribution is 7.91. The Morgan fingerprint density at radius 1 is 1.12 bits per heavy atom. The van der Waals surface area contributed by atoms with Crippen LogP contribution >= 0.6 is 11.3 Å². The first-order valence-corrected chi connectivity index (χ1v) is 10.7. The van der Waals surface area contributed by atoms with Crippen molar-refractivity contribution in [1.29, 1.82) is 0 Å². The molecule has 8 heteroatoms. The monoisotopic (exact) mass is 393 g/mol. The van der Waals surface area contributed by atoms with E-state index < -0.39 is 21.1 Å². The number of methoxy groups -OCH3 is 1. The normalized spacial score (nSPS) is 19.6. The Kier molecular flexibility index (Phi) is 5.43. The maximum atomic E-state index is 12.9. The van der Waals surface area contributed by atoms with Gasteiger partial charge in [0.1, 0.15) is 0 Å². The van der Waals surface area contributed by atoms with Crippen LogP contribution in [0.5, 0.6) is 0 Å². The highest BCUT2D eigenvalue weighted by Gasteiger charge is 2.34. The van der Waals surface area contributed by atoms with Gasteiger partial charge in [-0.05, 0) is 30.0 Å². The van der Waals surface area contributed by atoms with Gasteiger partial charge >= 0.3 is 5.97 Å². The number of hydrogen-bond donors (Lipinski definition) is 0. The number of thiophene rings is 1. The summed E-state index contributed by atoms with van der Waals surface area (Å²) in [5.74, 6) is -1.04. The minimum Gasteiger partial charge on any atom is -0.465 e. The Morgan fingerprint density at radius 3 is 2.50 bits per heavy atom. The number of esters is 1. The standard InChI is InChI=1S/C18H19NO5S2/c1-24-18(21)14-6-3-2-5-13(14)17(20)19-9-8-16(15-7-4-11-25-15)26(22,23)12-10-19/h2-7,11,16H,8-10,12H2,1H3/t16-/m1/s1. The molecule has 3 rings (SSSR count). The van der Waals surface area contributed by atoms with E-state index in [1.165, 1.54) is 29.4 Å². The van der Waals surface area contributed by atoms with Crippen molar-refractivity contribution in [1.82, 2.24) is 4.90 Å². The number of ether oxygens (including phenoxy) is 1. The first-order chi connectivity index (χ1) is 12.4. The molecule has 1 fully saturated rings. The third-order valence-corrected chi connectivity index (χ3v) is 7.69. The fraction of sp³-hybridized carbons (Fsp3) is 0.333. The molecule has 138 valence electrons. The molecule has 6 nitrogen and oxygen atoms in total. The Labute approximate surface area is 156 Å². The predicted octanol–water partition coefficient (Wildman–Crippen LogP) is 2.54. The molecule has 0 radical (unpaired) electrons. The SMILES string of the molecule is COC(=O)c1ccccc1C(=O)N1CC[C@H](c2cccs2)S(=O)(=O)CC1. The summed E-state index contributed by atoms with van der Waals surface area (Å²) < 4.78 is 30.0. The van der Waals surface area contributed by atoms with Gasteiger partial charge in [-0.2, -0.15) is 0 Å². The van der Waals surface area contributed by atoms with Crippen molar-refractivity contribution in [2.24, 2.45) is 0 Å². The van der Waals surface area contributed by atoms with E-state index in [1.807, 2.05) is 17.5 Å². The van der Waals surface area contributed by atoms with Gasteiger partial charge in [-0.3, -0.25) is 4.79 Å². The van der Waals surface area contributed by atoms with Gasteiger partial charge in [0.05, 0.1) is 29.2 Å². The van der Waals surface area contributed by atoms with Crippen LogP contribution < -0.4 is 0 Å². The average Bonchev–Trinajstić information content (AvgIpc) is 3.11. The van der Waals surface area contributed by atoms with Gasteiger partial charge < -0.3 is 9.64 Å². The Morgan fingerprint density at radius 2 is 1.85 bits per heavy atom. The molecular formula is C18H19NO5S2. The molecule has 1 amide bonds. The van der Waals surface area contributed by atoms with Crippen molar-refractivity contribution in [2.75, 3.05) is 26.0 Å². The van der Waals surface area contributed by atoms with Crippen molar-refractivity contribution in [3.05, 3.63) is 57.8 Å². The van der Waals surface area contributed by atoms with Crippen molar-refractivity contribution < 1.29 is 22.7 Å². The van der Waals surface area contributed by atoms with Crippen LogP contribution in [0.2, 0.25) is 0 Å². The van der Waals surface area contributed by atoms with E-state index in [4.69, 9.17) is 4.74 Å². The summed E-state index contributed by atoms with van der Waals surface area (Å²) in [5.41, 5.74) is 0.410. The maximum Gasteiger partial charge on any atom is 0.338 e. The van der Waals surface area contributed by atoms with Crippen LogP contribution in [0.15, 0.2) is 41.8 Å². The molecule has 1 aliphatic heterocycles. The fourth-order valence-corrected chi connectivity index (χ4v) is 6.07. The topological polar surface area (TPSA) is 80.8 Å². The van der Waals surface area contributed by atoms with E-state index in [0.29, 0.717) is 13.0 Å². The van der Waals surface area contributed by atoms with E-state index in [-0.39, 0.29) is 29.3 Å². The lowest BCUT2D eigenvalue weighted by atomic mass is 10.1. The summed E-state index contributed by atoms with van der Waals surface area (Å²) in [7, 11) is -2.08. The van der Waals surface area contributed by atoms with E-state index in [0.717, 1.165) is 4.88 Å². The molecule has 1 aromatic heterocycles. The molecule has 1 aromatic carbocycles. The zero-order valence-corrected chi connectivity index (χ0v) is 15.9. The first-order valence-electron chi connectivity index (χ1n) is 8.15. The maximum absolute atomic E-state index is 12.9. The molecule has 26 heavy (non-hydrogen) atoms. The summed E-state index contributed by atoms with van der Waals surface area (Å²) >= 11 is 1.41. The smallest absolute Gasteiger partial charge is 0.338 e. The molecule has 1 aliphatic rings. The van der Waals surface area contributed by atoms with Gasteiger partial charge in [-0.1, -0.05) is 18.2 Å². The van der Waals surface area contributed by atoms with E-state index >= 15 is 0 Å². The zero-order chi connectivity index (χ0) is 18.7. The summed E-state index contributed by atoms with van der Waals surface area (Å²) in [4.78, 5) is 27.1. The number of carbonyl (C=O) groups excluding carboxylic acids is 2. The lowest BCUT2D eigenvalue weighted by molar-refractivity contribution is 0.0590. The van der Waals surface area contributed by atoms with Gasteiger partial charge in [0.2, 0.25) is 0 Å². The molecule has 1 saturated heterocycles. The molecule has 2 heterocycles. The largest absolute Gasteiger partial charge is 0.465 e.